The highest BCUT2D eigenvalue weighted by Gasteiger charge is 2.61. The Morgan fingerprint density at radius 1 is 1.06 bits per heavy atom. The number of hydrogen-bond acceptors (Lipinski definition) is 4. The molecule has 1 N–H and O–H groups in total. The first-order chi connectivity index (χ1) is 14.8. The molecular weight excluding hydrogens is 390 g/mol. The number of amides is 1. The van der Waals surface area contributed by atoms with Crippen LogP contribution in [0.4, 0.5) is 0 Å². The summed E-state index contributed by atoms with van der Waals surface area (Å²) in [5, 5.41) is 3.21. The summed E-state index contributed by atoms with van der Waals surface area (Å²) in [5.41, 5.74) is 0.0132. The van der Waals surface area contributed by atoms with Crippen LogP contribution < -0.4 is 14.8 Å². The fraction of sp³-hybridized carbons (Fsp3) is 0.615. The highest BCUT2D eigenvalue weighted by Crippen LogP contribution is 2.65. The van der Waals surface area contributed by atoms with Gasteiger partial charge in [-0.2, -0.15) is 0 Å². The van der Waals surface area contributed by atoms with Gasteiger partial charge in [-0.15, -0.1) is 0 Å². The van der Waals surface area contributed by atoms with Gasteiger partial charge in [0, 0.05) is 17.5 Å². The van der Waals surface area contributed by atoms with Crippen molar-refractivity contribution in [3.63, 3.8) is 0 Å². The van der Waals surface area contributed by atoms with Crippen molar-refractivity contribution in [1.29, 1.82) is 0 Å². The Bertz CT molecular complexity index is 926. The lowest BCUT2D eigenvalue weighted by atomic mass is 9.48. The number of nitrogens with one attached hydrogen (secondary N) is 1. The molecule has 1 aromatic carbocycles. The summed E-state index contributed by atoms with van der Waals surface area (Å²) in [6, 6.07) is 7.53. The Kier molecular flexibility index (Phi) is 4.91. The molecule has 1 aromatic rings. The van der Waals surface area contributed by atoms with Gasteiger partial charge in [0.2, 0.25) is 5.91 Å². The zero-order valence-corrected chi connectivity index (χ0v) is 18.7. The first-order valence-corrected chi connectivity index (χ1v) is 11.7. The average Bonchev–Trinajstić information content (AvgIpc) is 3.11. The number of benzene rings is 1. The van der Waals surface area contributed by atoms with Crippen LogP contribution in [0.5, 0.6) is 11.5 Å². The molecule has 5 heteroatoms. The summed E-state index contributed by atoms with van der Waals surface area (Å²) in [4.78, 5) is 25.1. The van der Waals surface area contributed by atoms with Crippen LogP contribution in [0.3, 0.4) is 0 Å². The number of fused-ring (bicyclic) bond motifs is 5. The molecule has 4 aliphatic rings. The van der Waals surface area contributed by atoms with Crippen LogP contribution in [0.1, 0.15) is 52.4 Å². The molecule has 3 saturated carbocycles. The molecule has 31 heavy (non-hydrogen) atoms. The third-order valence-electron chi connectivity index (χ3n) is 9.23. The van der Waals surface area contributed by atoms with Crippen LogP contribution in [-0.2, 0) is 9.59 Å². The molecule has 1 aliphatic heterocycles. The maximum Gasteiger partial charge on any atom is 0.314 e. The van der Waals surface area contributed by atoms with Crippen molar-refractivity contribution in [3.8, 4) is 11.5 Å². The van der Waals surface area contributed by atoms with Gasteiger partial charge >= 0.3 is 5.97 Å². The van der Waals surface area contributed by atoms with E-state index in [1.807, 2.05) is 18.2 Å². The zero-order valence-electron chi connectivity index (χ0n) is 18.7. The van der Waals surface area contributed by atoms with Crippen LogP contribution in [0.15, 0.2) is 36.4 Å². The molecule has 1 amide bonds. The van der Waals surface area contributed by atoms with E-state index in [2.05, 4.69) is 25.2 Å². The van der Waals surface area contributed by atoms with E-state index >= 15 is 0 Å². The number of methoxy groups -OCH3 is 1. The fourth-order valence-electron chi connectivity index (χ4n) is 7.57. The van der Waals surface area contributed by atoms with Crippen LogP contribution in [-0.4, -0.2) is 25.0 Å². The van der Waals surface area contributed by atoms with E-state index in [0.29, 0.717) is 29.3 Å². The second-order valence-electron chi connectivity index (χ2n) is 10.5. The molecule has 0 spiro atoms. The van der Waals surface area contributed by atoms with Gasteiger partial charge in [-0.25, -0.2) is 0 Å². The summed E-state index contributed by atoms with van der Waals surface area (Å²) in [6.07, 6.45) is 10.2. The molecule has 7 atom stereocenters. The molecule has 3 aliphatic carbocycles. The van der Waals surface area contributed by atoms with E-state index in [1.54, 1.807) is 19.3 Å². The average molecular weight is 424 g/mol. The molecule has 0 bridgehead atoms. The van der Waals surface area contributed by atoms with Gasteiger partial charge in [0.25, 0.3) is 0 Å². The largest absolute Gasteiger partial charge is 0.497 e. The maximum atomic E-state index is 13.2. The quantitative estimate of drug-likeness (QED) is 0.574. The van der Waals surface area contributed by atoms with Crippen molar-refractivity contribution in [2.24, 2.45) is 34.5 Å². The second-order valence-corrected chi connectivity index (χ2v) is 10.5. The predicted molar refractivity (Wildman–Crippen MR) is 118 cm³/mol. The summed E-state index contributed by atoms with van der Waals surface area (Å²) < 4.78 is 11.1. The lowest BCUT2D eigenvalue weighted by Crippen LogP contribution is -2.59. The van der Waals surface area contributed by atoms with Crippen molar-refractivity contribution >= 4 is 11.9 Å². The molecule has 1 heterocycles. The fourth-order valence-corrected chi connectivity index (χ4v) is 7.57. The Morgan fingerprint density at radius 3 is 2.68 bits per heavy atom. The predicted octanol–water partition coefficient (Wildman–Crippen LogP) is 4.51. The van der Waals surface area contributed by atoms with Crippen molar-refractivity contribution in [1.82, 2.24) is 5.32 Å². The number of ether oxygens (including phenoxy) is 2. The van der Waals surface area contributed by atoms with Gasteiger partial charge in [-0.05, 0) is 79.9 Å². The van der Waals surface area contributed by atoms with E-state index in [4.69, 9.17) is 9.47 Å². The Labute approximate surface area is 184 Å². The molecule has 0 unspecified atom stereocenters. The van der Waals surface area contributed by atoms with E-state index in [9.17, 15) is 9.59 Å². The lowest BCUT2D eigenvalue weighted by molar-refractivity contribution is -0.147. The Morgan fingerprint density at radius 2 is 1.87 bits per heavy atom. The second kappa shape index (κ2) is 7.39. The number of hydrogen-bond donors (Lipinski definition) is 1. The van der Waals surface area contributed by atoms with E-state index < -0.39 is 0 Å². The van der Waals surface area contributed by atoms with Gasteiger partial charge in [-0.3, -0.25) is 9.59 Å². The van der Waals surface area contributed by atoms with Crippen LogP contribution >= 0.6 is 0 Å². The molecule has 5 nitrogen and oxygen atoms in total. The minimum absolute atomic E-state index is 0.0120. The van der Waals surface area contributed by atoms with Crippen molar-refractivity contribution in [2.75, 3.05) is 7.11 Å². The number of carbonyl (C=O) groups is 2. The highest BCUT2D eigenvalue weighted by atomic mass is 16.5. The van der Waals surface area contributed by atoms with Gasteiger partial charge in [0.1, 0.15) is 11.5 Å². The van der Waals surface area contributed by atoms with Gasteiger partial charge in [-0.1, -0.05) is 26.0 Å². The van der Waals surface area contributed by atoms with Crippen molar-refractivity contribution < 1.29 is 19.1 Å². The minimum Gasteiger partial charge on any atom is -0.497 e. The third kappa shape index (κ3) is 3.19. The standard InChI is InChI=1S/C26H33NO4/c1-25-13-11-20-18(7-10-22-26(20,2)14-12-23(28)27-22)19(25)8-9-21(25)24(29)31-17-6-4-5-16(15-17)30-3/h4-6,12,14-15,18-22H,7-11,13H2,1-3H3,(H,27,28)/t18-,19-,20-,21+,22+,25-,26+/m0/s1. The normalized spacial score (nSPS) is 40.9. The first kappa shape index (κ1) is 20.6. The third-order valence-corrected chi connectivity index (χ3v) is 9.23. The van der Waals surface area contributed by atoms with Crippen molar-refractivity contribution in [3.05, 3.63) is 36.4 Å². The molecule has 0 saturated heterocycles. The van der Waals surface area contributed by atoms with E-state index in [1.165, 1.54) is 0 Å². The summed E-state index contributed by atoms with van der Waals surface area (Å²) >= 11 is 0. The first-order valence-electron chi connectivity index (χ1n) is 11.7. The van der Waals surface area contributed by atoms with Crippen LogP contribution in [0.25, 0.3) is 0 Å². The SMILES string of the molecule is COc1cccc(OC(=O)[C@H]2CC[C@H]3[C@@H]4CC[C@H]5NC(=O)C=C[C@]5(C)[C@H]4CC[C@]23C)c1. The minimum atomic E-state index is -0.0959. The maximum absolute atomic E-state index is 13.2. The molecule has 0 radical (unpaired) electrons. The summed E-state index contributed by atoms with van der Waals surface area (Å²) in [7, 11) is 1.62. The van der Waals surface area contributed by atoms with E-state index in [-0.39, 0.29) is 34.7 Å². The number of esters is 1. The monoisotopic (exact) mass is 423 g/mol. The zero-order chi connectivity index (χ0) is 21.8. The van der Waals surface area contributed by atoms with Crippen LogP contribution in [0, 0.1) is 34.5 Å². The summed E-state index contributed by atoms with van der Waals surface area (Å²) in [5.74, 6) is 2.85. The smallest absolute Gasteiger partial charge is 0.314 e. The number of rotatable bonds is 3. The van der Waals surface area contributed by atoms with E-state index in [0.717, 1.165) is 38.5 Å². The Hall–Kier alpha value is -2.30. The van der Waals surface area contributed by atoms with Crippen molar-refractivity contribution in [2.45, 2.75) is 58.4 Å². The molecule has 0 aromatic heterocycles. The molecule has 5 rings (SSSR count). The highest BCUT2D eigenvalue weighted by molar-refractivity contribution is 5.89. The number of carbonyl (C=O) groups excluding carboxylic acids is 2. The summed E-state index contributed by atoms with van der Waals surface area (Å²) in [6.45, 7) is 4.65. The lowest BCUT2D eigenvalue weighted by Gasteiger charge is -2.58. The Balaban J connectivity index is 1.36. The van der Waals surface area contributed by atoms with Gasteiger partial charge in [0.15, 0.2) is 0 Å². The van der Waals surface area contributed by atoms with Gasteiger partial charge < -0.3 is 14.8 Å². The molecule has 3 fully saturated rings. The van der Waals surface area contributed by atoms with Gasteiger partial charge in [0.05, 0.1) is 13.0 Å². The topological polar surface area (TPSA) is 64.6 Å². The molecule has 166 valence electrons. The molecular formula is C26H33NO4. The van der Waals surface area contributed by atoms with Crippen LogP contribution in [0.2, 0.25) is 0 Å².